The van der Waals surface area contributed by atoms with E-state index in [9.17, 15) is 4.39 Å². The number of hydrogen-bond donors (Lipinski definition) is 1. The smallest absolute Gasteiger partial charge is 0.137 e. The van der Waals surface area contributed by atoms with Crippen molar-refractivity contribution in [2.24, 2.45) is 0 Å². The van der Waals surface area contributed by atoms with Crippen molar-refractivity contribution in [2.45, 2.75) is 26.0 Å². The van der Waals surface area contributed by atoms with Crippen LogP contribution in [-0.2, 0) is 6.61 Å². The van der Waals surface area contributed by atoms with Gasteiger partial charge in [-0.05, 0) is 64.8 Å². The first-order chi connectivity index (χ1) is 10.1. The molecule has 0 bridgehead atoms. The molecule has 0 saturated heterocycles. The third kappa shape index (κ3) is 4.29. The molecule has 0 heterocycles. The summed E-state index contributed by atoms with van der Waals surface area (Å²) < 4.78 is 19.3. The Morgan fingerprint density at radius 1 is 1.19 bits per heavy atom. The van der Waals surface area contributed by atoms with Crippen molar-refractivity contribution in [2.75, 3.05) is 7.05 Å². The van der Waals surface area contributed by atoms with Crippen LogP contribution < -0.4 is 10.1 Å². The lowest BCUT2D eigenvalue weighted by Gasteiger charge is -2.15. The van der Waals surface area contributed by atoms with Gasteiger partial charge in [0.05, 0.1) is 4.47 Å². The lowest BCUT2D eigenvalue weighted by Crippen LogP contribution is -2.14. The molecule has 21 heavy (non-hydrogen) atoms. The highest BCUT2D eigenvalue weighted by molar-refractivity contribution is 9.10. The van der Waals surface area contributed by atoms with Gasteiger partial charge in [0.25, 0.3) is 0 Å². The van der Waals surface area contributed by atoms with E-state index in [1.807, 2.05) is 19.2 Å². The second kappa shape index (κ2) is 7.57. The molecule has 0 saturated carbocycles. The summed E-state index contributed by atoms with van der Waals surface area (Å²) in [7, 11) is 1.96. The van der Waals surface area contributed by atoms with Crippen LogP contribution in [0.25, 0.3) is 0 Å². The molecule has 0 spiro atoms. The van der Waals surface area contributed by atoms with E-state index in [2.05, 4.69) is 40.3 Å². The fourth-order valence-corrected chi connectivity index (χ4v) is 2.63. The highest BCUT2D eigenvalue weighted by Gasteiger charge is 2.06. The molecule has 0 aliphatic carbocycles. The number of rotatable bonds is 6. The molecule has 4 heteroatoms. The Bertz CT molecular complexity index is 582. The quantitative estimate of drug-likeness (QED) is 0.803. The van der Waals surface area contributed by atoms with E-state index >= 15 is 0 Å². The predicted molar refractivity (Wildman–Crippen MR) is 87.0 cm³/mol. The molecular formula is C17H19BrFNO. The molecule has 0 amide bonds. The van der Waals surface area contributed by atoms with Gasteiger partial charge >= 0.3 is 0 Å². The van der Waals surface area contributed by atoms with Crippen molar-refractivity contribution in [1.82, 2.24) is 5.32 Å². The third-order valence-electron chi connectivity index (χ3n) is 3.43. The molecule has 1 atom stereocenters. The highest BCUT2D eigenvalue weighted by atomic mass is 79.9. The number of ether oxygens (including phenoxy) is 1. The van der Waals surface area contributed by atoms with E-state index in [4.69, 9.17) is 4.74 Å². The summed E-state index contributed by atoms with van der Waals surface area (Å²) >= 11 is 3.18. The standard InChI is InChI=1S/C17H19BrFNO/c1-3-17(20-2)13-5-7-14(8-6-13)21-11-12-4-9-16(19)15(18)10-12/h4-10,17,20H,3,11H2,1-2H3. The van der Waals surface area contributed by atoms with Gasteiger partial charge in [-0.1, -0.05) is 25.1 Å². The first-order valence-corrected chi connectivity index (χ1v) is 7.77. The Kier molecular flexibility index (Phi) is 5.76. The Hall–Kier alpha value is -1.39. The number of benzene rings is 2. The van der Waals surface area contributed by atoms with Crippen molar-refractivity contribution in [3.05, 3.63) is 63.9 Å². The zero-order chi connectivity index (χ0) is 15.2. The van der Waals surface area contributed by atoms with Crippen LogP contribution in [0.1, 0.15) is 30.5 Å². The Balaban J connectivity index is 1.98. The lowest BCUT2D eigenvalue weighted by molar-refractivity contribution is 0.306. The van der Waals surface area contributed by atoms with Crippen molar-refractivity contribution in [1.29, 1.82) is 0 Å². The molecule has 1 N–H and O–H groups in total. The van der Waals surface area contributed by atoms with Crippen molar-refractivity contribution >= 4 is 15.9 Å². The average Bonchev–Trinajstić information content (AvgIpc) is 2.51. The average molecular weight is 352 g/mol. The van der Waals surface area contributed by atoms with Crippen molar-refractivity contribution < 1.29 is 9.13 Å². The maximum Gasteiger partial charge on any atom is 0.137 e. The van der Waals surface area contributed by atoms with Gasteiger partial charge in [-0.15, -0.1) is 0 Å². The van der Waals surface area contributed by atoms with E-state index in [1.165, 1.54) is 11.6 Å². The minimum absolute atomic E-state index is 0.263. The van der Waals surface area contributed by atoms with Crippen LogP contribution in [0.15, 0.2) is 46.9 Å². The first kappa shape index (κ1) is 16.0. The van der Waals surface area contributed by atoms with Crippen LogP contribution in [0, 0.1) is 5.82 Å². The molecule has 2 nitrogen and oxygen atoms in total. The zero-order valence-corrected chi connectivity index (χ0v) is 13.8. The van der Waals surface area contributed by atoms with E-state index in [1.54, 1.807) is 12.1 Å². The van der Waals surface area contributed by atoms with Crippen LogP contribution in [-0.4, -0.2) is 7.05 Å². The number of hydrogen-bond acceptors (Lipinski definition) is 2. The van der Waals surface area contributed by atoms with Gasteiger partial charge in [0.2, 0.25) is 0 Å². The number of nitrogens with one attached hydrogen (secondary N) is 1. The van der Waals surface area contributed by atoms with E-state index in [0.717, 1.165) is 17.7 Å². The molecule has 2 aromatic rings. The summed E-state index contributed by atoms with van der Waals surface area (Å²) in [6.45, 7) is 2.57. The maximum absolute atomic E-state index is 13.2. The third-order valence-corrected chi connectivity index (χ3v) is 4.04. The normalized spacial score (nSPS) is 12.2. The van der Waals surface area contributed by atoms with Crippen molar-refractivity contribution in [3.8, 4) is 5.75 Å². The maximum atomic E-state index is 13.2. The predicted octanol–water partition coefficient (Wildman–Crippen LogP) is 4.84. The Labute approximate surface area is 133 Å². The molecule has 0 fully saturated rings. The van der Waals surface area contributed by atoms with Crippen LogP contribution in [0.3, 0.4) is 0 Å². The minimum atomic E-state index is -0.263. The highest BCUT2D eigenvalue weighted by Crippen LogP contribution is 2.21. The van der Waals surface area contributed by atoms with Gasteiger partial charge in [0.1, 0.15) is 18.2 Å². The summed E-state index contributed by atoms with van der Waals surface area (Å²) in [4.78, 5) is 0. The number of halogens is 2. The largest absolute Gasteiger partial charge is 0.489 e. The second-order valence-electron chi connectivity index (χ2n) is 4.86. The molecule has 2 aromatic carbocycles. The van der Waals surface area contributed by atoms with E-state index in [-0.39, 0.29) is 5.82 Å². The van der Waals surface area contributed by atoms with Gasteiger partial charge < -0.3 is 10.1 Å². The van der Waals surface area contributed by atoms with E-state index < -0.39 is 0 Å². The summed E-state index contributed by atoms with van der Waals surface area (Å²) in [5.41, 5.74) is 2.17. The molecule has 0 radical (unpaired) electrons. The van der Waals surface area contributed by atoms with E-state index in [0.29, 0.717) is 17.1 Å². The fraction of sp³-hybridized carbons (Fsp3) is 0.294. The summed E-state index contributed by atoms with van der Waals surface area (Å²) in [5.74, 6) is 0.547. The Morgan fingerprint density at radius 2 is 1.90 bits per heavy atom. The lowest BCUT2D eigenvalue weighted by atomic mass is 10.0. The topological polar surface area (TPSA) is 21.3 Å². The molecule has 0 aliphatic heterocycles. The minimum Gasteiger partial charge on any atom is -0.489 e. The summed E-state index contributed by atoms with van der Waals surface area (Å²) in [6, 6.07) is 13.3. The van der Waals surface area contributed by atoms with Crippen LogP contribution in [0.4, 0.5) is 4.39 Å². The summed E-state index contributed by atoms with van der Waals surface area (Å²) in [6.07, 6.45) is 1.04. The van der Waals surface area contributed by atoms with Crippen LogP contribution in [0.2, 0.25) is 0 Å². The zero-order valence-electron chi connectivity index (χ0n) is 12.2. The first-order valence-electron chi connectivity index (χ1n) is 6.98. The Morgan fingerprint density at radius 3 is 2.48 bits per heavy atom. The van der Waals surface area contributed by atoms with Crippen LogP contribution >= 0.6 is 15.9 Å². The second-order valence-corrected chi connectivity index (χ2v) is 5.71. The molecule has 2 rings (SSSR count). The van der Waals surface area contributed by atoms with Gasteiger partial charge in [0, 0.05) is 6.04 Å². The van der Waals surface area contributed by atoms with Gasteiger partial charge in [-0.3, -0.25) is 0 Å². The molecular weight excluding hydrogens is 333 g/mol. The van der Waals surface area contributed by atoms with Gasteiger partial charge in [-0.25, -0.2) is 4.39 Å². The molecule has 1 unspecified atom stereocenters. The molecule has 112 valence electrons. The SMILES string of the molecule is CCC(NC)c1ccc(OCc2ccc(F)c(Br)c2)cc1. The molecule has 0 aliphatic rings. The van der Waals surface area contributed by atoms with Gasteiger partial charge in [-0.2, -0.15) is 0 Å². The monoisotopic (exact) mass is 351 g/mol. The van der Waals surface area contributed by atoms with Crippen LogP contribution in [0.5, 0.6) is 5.75 Å². The van der Waals surface area contributed by atoms with Crippen molar-refractivity contribution in [3.63, 3.8) is 0 Å². The molecule has 0 aromatic heterocycles. The summed E-state index contributed by atoms with van der Waals surface area (Å²) in [5, 5.41) is 3.28. The fourth-order valence-electron chi connectivity index (χ4n) is 2.20. The van der Waals surface area contributed by atoms with Gasteiger partial charge in [0.15, 0.2) is 0 Å².